The van der Waals surface area contributed by atoms with Crippen molar-refractivity contribution in [3.8, 4) is 0 Å². The summed E-state index contributed by atoms with van der Waals surface area (Å²) in [6, 6.07) is 25.0. The van der Waals surface area contributed by atoms with Crippen molar-refractivity contribution in [3.63, 3.8) is 0 Å². The van der Waals surface area contributed by atoms with E-state index in [9.17, 15) is 9.59 Å². The second kappa shape index (κ2) is 7.85. The van der Waals surface area contributed by atoms with Crippen LogP contribution in [-0.4, -0.2) is 17.9 Å². The average Bonchev–Trinajstić information content (AvgIpc) is 3.31. The van der Waals surface area contributed by atoms with Crippen LogP contribution in [0.3, 0.4) is 0 Å². The zero-order valence-electron chi connectivity index (χ0n) is 19.4. The Hall–Kier alpha value is -3.44. The molecule has 2 aliphatic rings. The Morgan fingerprint density at radius 2 is 1.39 bits per heavy atom. The molecule has 3 atom stereocenters. The normalized spacial score (nSPS) is 22.7. The van der Waals surface area contributed by atoms with Gasteiger partial charge in [-0.05, 0) is 47.7 Å². The standard InChI is InChI=1S/C28H28N2O3/c1-18-10-16-21(17-11-18)29-26(31)23-24(19-12-14-20(15-13-19)28(2,3)4)30(33-25(23)27(29)32)22-8-6-5-7-9-22/h5-17,23-25H,1-4H3. The number of benzene rings is 3. The molecule has 3 aromatic carbocycles. The minimum atomic E-state index is -0.855. The minimum absolute atomic E-state index is 0.0216. The Bertz CT molecular complexity index is 1180. The van der Waals surface area contributed by atoms with Crippen LogP contribution >= 0.6 is 0 Å². The van der Waals surface area contributed by atoms with Crippen molar-refractivity contribution in [2.24, 2.45) is 5.92 Å². The molecular formula is C28H28N2O3. The number of carbonyl (C=O) groups is 2. The van der Waals surface area contributed by atoms with Gasteiger partial charge in [-0.25, -0.2) is 9.96 Å². The molecular weight excluding hydrogens is 412 g/mol. The Morgan fingerprint density at radius 1 is 0.758 bits per heavy atom. The molecule has 5 heteroatoms. The molecule has 0 N–H and O–H groups in total. The lowest BCUT2D eigenvalue weighted by atomic mass is 9.84. The van der Waals surface area contributed by atoms with Gasteiger partial charge < -0.3 is 0 Å². The third-order valence-electron chi connectivity index (χ3n) is 6.54. The van der Waals surface area contributed by atoms with Crippen LogP contribution in [0.15, 0.2) is 78.9 Å². The number of para-hydroxylation sites is 1. The number of hydrogen-bond donors (Lipinski definition) is 0. The Kier molecular flexibility index (Phi) is 5.09. The molecule has 0 aromatic heterocycles. The first kappa shape index (κ1) is 21.4. The van der Waals surface area contributed by atoms with Gasteiger partial charge in [-0.15, -0.1) is 0 Å². The highest BCUT2D eigenvalue weighted by Gasteiger charge is 2.60. The molecule has 2 amide bonds. The predicted molar refractivity (Wildman–Crippen MR) is 129 cm³/mol. The fourth-order valence-electron chi connectivity index (χ4n) is 4.68. The molecule has 3 aromatic rings. The molecule has 3 unspecified atom stereocenters. The topological polar surface area (TPSA) is 49.9 Å². The SMILES string of the molecule is Cc1ccc(N2C(=O)C3ON(c4ccccc4)C(c4ccc(C(C)(C)C)cc4)C3C2=O)cc1. The summed E-state index contributed by atoms with van der Waals surface area (Å²) in [5, 5.41) is 1.74. The zero-order chi connectivity index (χ0) is 23.3. The minimum Gasteiger partial charge on any atom is -0.273 e. The first-order valence-electron chi connectivity index (χ1n) is 11.3. The summed E-state index contributed by atoms with van der Waals surface area (Å²) in [6.07, 6.45) is -0.855. The first-order valence-corrected chi connectivity index (χ1v) is 11.3. The van der Waals surface area contributed by atoms with Gasteiger partial charge in [0.25, 0.3) is 5.91 Å². The summed E-state index contributed by atoms with van der Waals surface area (Å²) in [5.41, 5.74) is 4.66. The van der Waals surface area contributed by atoms with Gasteiger partial charge in [-0.2, -0.15) is 0 Å². The smallest absolute Gasteiger partial charge is 0.266 e. The molecule has 2 heterocycles. The van der Waals surface area contributed by atoms with E-state index in [1.165, 1.54) is 10.5 Å². The van der Waals surface area contributed by atoms with Crippen molar-refractivity contribution in [3.05, 3.63) is 95.6 Å². The number of aryl methyl sites for hydroxylation is 1. The van der Waals surface area contributed by atoms with Crippen LogP contribution in [0.2, 0.25) is 0 Å². The maximum atomic E-state index is 13.7. The van der Waals surface area contributed by atoms with E-state index in [-0.39, 0.29) is 17.2 Å². The summed E-state index contributed by atoms with van der Waals surface area (Å²) in [6.45, 7) is 8.49. The highest BCUT2D eigenvalue weighted by molar-refractivity contribution is 6.23. The Labute approximate surface area is 194 Å². The molecule has 0 radical (unpaired) electrons. The largest absolute Gasteiger partial charge is 0.273 e. The third kappa shape index (κ3) is 3.62. The number of nitrogens with zero attached hydrogens (tertiary/aromatic N) is 2. The molecule has 2 fully saturated rings. The van der Waals surface area contributed by atoms with Gasteiger partial charge in [-0.3, -0.25) is 14.4 Å². The summed E-state index contributed by atoms with van der Waals surface area (Å²) in [5.74, 6) is -1.17. The van der Waals surface area contributed by atoms with Gasteiger partial charge in [0.05, 0.1) is 17.4 Å². The van der Waals surface area contributed by atoms with E-state index in [0.29, 0.717) is 5.69 Å². The molecule has 2 aliphatic heterocycles. The summed E-state index contributed by atoms with van der Waals surface area (Å²) >= 11 is 0. The second-order valence-corrected chi connectivity index (χ2v) is 9.88. The van der Waals surface area contributed by atoms with E-state index in [2.05, 4.69) is 45.0 Å². The van der Waals surface area contributed by atoms with E-state index in [4.69, 9.17) is 4.84 Å². The fraction of sp³-hybridized carbons (Fsp3) is 0.286. The van der Waals surface area contributed by atoms with Crippen LogP contribution in [0.4, 0.5) is 11.4 Å². The number of rotatable bonds is 3. The van der Waals surface area contributed by atoms with Gasteiger partial charge in [-0.1, -0.05) is 80.9 Å². The van der Waals surface area contributed by atoms with E-state index in [1.807, 2.05) is 61.5 Å². The number of anilines is 2. The highest BCUT2D eigenvalue weighted by atomic mass is 16.7. The van der Waals surface area contributed by atoms with Crippen LogP contribution in [0.25, 0.3) is 0 Å². The molecule has 168 valence electrons. The van der Waals surface area contributed by atoms with E-state index in [0.717, 1.165) is 16.8 Å². The number of imide groups is 1. The summed E-state index contributed by atoms with van der Waals surface area (Å²) in [4.78, 5) is 34.5. The van der Waals surface area contributed by atoms with Crippen LogP contribution in [0, 0.1) is 12.8 Å². The lowest BCUT2D eigenvalue weighted by Crippen LogP contribution is -2.37. The number of hydrogen-bond acceptors (Lipinski definition) is 4. The van der Waals surface area contributed by atoms with Gasteiger partial charge >= 0.3 is 0 Å². The Morgan fingerprint density at radius 3 is 2.00 bits per heavy atom. The summed E-state index contributed by atoms with van der Waals surface area (Å²) in [7, 11) is 0. The summed E-state index contributed by atoms with van der Waals surface area (Å²) < 4.78 is 0. The predicted octanol–water partition coefficient (Wildman–Crippen LogP) is 5.34. The maximum absolute atomic E-state index is 13.7. The monoisotopic (exact) mass is 440 g/mol. The van der Waals surface area contributed by atoms with Crippen molar-refractivity contribution in [1.29, 1.82) is 0 Å². The van der Waals surface area contributed by atoms with Crippen molar-refractivity contribution in [1.82, 2.24) is 0 Å². The van der Waals surface area contributed by atoms with Gasteiger partial charge in [0.15, 0.2) is 6.10 Å². The molecule has 33 heavy (non-hydrogen) atoms. The number of carbonyl (C=O) groups excluding carboxylic acids is 2. The van der Waals surface area contributed by atoms with Crippen molar-refractivity contribution >= 4 is 23.2 Å². The molecule has 0 aliphatic carbocycles. The molecule has 0 saturated carbocycles. The second-order valence-electron chi connectivity index (χ2n) is 9.88. The van der Waals surface area contributed by atoms with Crippen molar-refractivity contribution in [2.75, 3.05) is 9.96 Å². The molecule has 5 rings (SSSR count). The quantitative estimate of drug-likeness (QED) is 0.516. The molecule has 0 bridgehead atoms. The van der Waals surface area contributed by atoms with E-state index in [1.54, 1.807) is 5.06 Å². The average molecular weight is 441 g/mol. The lowest BCUT2D eigenvalue weighted by molar-refractivity contribution is -0.126. The molecule has 0 spiro atoms. The molecule has 2 saturated heterocycles. The van der Waals surface area contributed by atoms with E-state index < -0.39 is 18.1 Å². The van der Waals surface area contributed by atoms with Crippen molar-refractivity contribution in [2.45, 2.75) is 45.3 Å². The number of amides is 2. The highest BCUT2D eigenvalue weighted by Crippen LogP contribution is 2.47. The third-order valence-corrected chi connectivity index (χ3v) is 6.54. The molecule has 5 nitrogen and oxygen atoms in total. The first-order chi connectivity index (χ1) is 15.8. The van der Waals surface area contributed by atoms with Crippen LogP contribution in [-0.2, 0) is 19.8 Å². The van der Waals surface area contributed by atoms with Crippen LogP contribution in [0.1, 0.15) is 43.5 Å². The maximum Gasteiger partial charge on any atom is 0.266 e. The number of fused-ring (bicyclic) bond motifs is 1. The van der Waals surface area contributed by atoms with Gasteiger partial charge in [0.2, 0.25) is 5.91 Å². The van der Waals surface area contributed by atoms with Gasteiger partial charge in [0.1, 0.15) is 5.92 Å². The lowest BCUT2D eigenvalue weighted by Gasteiger charge is -2.29. The van der Waals surface area contributed by atoms with Gasteiger partial charge in [0, 0.05) is 0 Å². The number of hydroxylamine groups is 1. The van der Waals surface area contributed by atoms with Crippen LogP contribution in [0.5, 0.6) is 0 Å². The zero-order valence-corrected chi connectivity index (χ0v) is 19.4. The van der Waals surface area contributed by atoms with Crippen molar-refractivity contribution < 1.29 is 14.4 Å². The Balaban J connectivity index is 1.57. The fourth-order valence-corrected chi connectivity index (χ4v) is 4.68. The van der Waals surface area contributed by atoms with E-state index >= 15 is 0 Å². The van der Waals surface area contributed by atoms with Crippen LogP contribution < -0.4 is 9.96 Å².